The highest BCUT2D eigenvalue weighted by atomic mass is 16.3. The van der Waals surface area contributed by atoms with Crippen molar-refractivity contribution in [2.75, 3.05) is 39.3 Å². The largest absolute Gasteiger partial charge is 0.392 e. The molecule has 1 saturated carbocycles. The fourth-order valence-corrected chi connectivity index (χ4v) is 3.57. The van der Waals surface area contributed by atoms with E-state index in [-0.39, 0.29) is 11.5 Å². The first-order chi connectivity index (χ1) is 8.53. The topological polar surface area (TPSA) is 26.7 Å². The Kier molecular flexibility index (Phi) is 4.68. The molecular weight excluding hydrogens is 224 g/mol. The highest BCUT2D eigenvalue weighted by molar-refractivity contribution is 4.90. The fourth-order valence-electron chi connectivity index (χ4n) is 3.57. The molecule has 1 N–H and O–H groups in total. The quantitative estimate of drug-likeness (QED) is 0.832. The van der Waals surface area contributed by atoms with E-state index in [0.717, 1.165) is 6.54 Å². The Bertz CT molecular complexity index is 259. The van der Waals surface area contributed by atoms with Gasteiger partial charge in [0.15, 0.2) is 0 Å². The van der Waals surface area contributed by atoms with Crippen LogP contribution in [0.2, 0.25) is 0 Å². The van der Waals surface area contributed by atoms with Gasteiger partial charge in [-0.1, -0.05) is 27.2 Å². The molecule has 3 heteroatoms. The van der Waals surface area contributed by atoms with E-state index in [0.29, 0.717) is 5.92 Å². The monoisotopic (exact) mass is 254 g/mol. The molecule has 106 valence electrons. The lowest BCUT2D eigenvalue weighted by atomic mass is 9.69. The number of rotatable bonds is 3. The lowest BCUT2D eigenvalue weighted by Crippen LogP contribution is -2.51. The first kappa shape index (κ1) is 14.3. The smallest absolute Gasteiger partial charge is 0.0631 e. The van der Waals surface area contributed by atoms with Crippen molar-refractivity contribution >= 4 is 0 Å². The lowest BCUT2D eigenvalue weighted by molar-refractivity contribution is -0.0464. The average molecular weight is 254 g/mol. The van der Waals surface area contributed by atoms with Gasteiger partial charge in [-0.25, -0.2) is 0 Å². The summed E-state index contributed by atoms with van der Waals surface area (Å²) in [7, 11) is 0. The molecular formula is C15H30N2O. The van der Waals surface area contributed by atoms with Gasteiger partial charge in [0.05, 0.1) is 6.10 Å². The number of nitrogens with zero attached hydrogens (tertiary/aromatic N) is 2. The van der Waals surface area contributed by atoms with Crippen LogP contribution >= 0.6 is 0 Å². The molecule has 0 aromatic carbocycles. The van der Waals surface area contributed by atoms with Crippen LogP contribution in [0.5, 0.6) is 0 Å². The zero-order chi connectivity index (χ0) is 13.2. The van der Waals surface area contributed by atoms with Gasteiger partial charge in [0.2, 0.25) is 0 Å². The molecule has 0 amide bonds. The minimum absolute atomic E-state index is 0.115. The number of hydrogen-bond donors (Lipinski definition) is 1. The van der Waals surface area contributed by atoms with Crippen molar-refractivity contribution in [1.29, 1.82) is 0 Å². The minimum atomic E-state index is -0.115. The third-order valence-electron chi connectivity index (χ3n) is 5.05. The van der Waals surface area contributed by atoms with Gasteiger partial charge in [-0.05, 0) is 30.7 Å². The summed E-state index contributed by atoms with van der Waals surface area (Å²) >= 11 is 0. The van der Waals surface area contributed by atoms with Crippen molar-refractivity contribution in [2.45, 2.75) is 46.1 Å². The molecule has 18 heavy (non-hydrogen) atoms. The zero-order valence-corrected chi connectivity index (χ0v) is 12.4. The van der Waals surface area contributed by atoms with Gasteiger partial charge in [-0.15, -0.1) is 0 Å². The summed E-state index contributed by atoms with van der Waals surface area (Å²) in [5, 5.41) is 10.5. The number of hydrogen-bond acceptors (Lipinski definition) is 3. The zero-order valence-electron chi connectivity index (χ0n) is 12.4. The van der Waals surface area contributed by atoms with E-state index in [2.05, 4.69) is 30.6 Å². The summed E-state index contributed by atoms with van der Waals surface area (Å²) < 4.78 is 0. The normalized spacial score (nSPS) is 34.7. The molecule has 1 heterocycles. The number of aliphatic hydroxyl groups is 1. The first-order valence-electron chi connectivity index (χ1n) is 7.65. The average Bonchev–Trinajstić information content (AvgIpc) is 2.36. The first-order valence-corrected chi connectivity index (χ1v) is 7.65. The van der Waals surface area contributed by atoms with E-state index in [1.165, 1.54) is 52.0 Å². The van der Waals surface area contributed by atoms with Gasteiger partial charge < -0.3 is 14.9 Å². The molecule has 2 fully saturated rings. The van der Waals surface area contributed by atoms with Crippen molar-refractivity contribution in [3.63, 3.8) is 0 Å². The third-order valence-corrected chi connectivity index (χ3v) is 5.05. The van der Waals surface area contributed by atoms with Crippen LogP contribution in [0.1, 0.15) is 40.0 Å². The number of likely N-dealkylation sites (N-methyl/N-ethyl adjacent to an activating group) is 1. The standard InChI is InChI=1S/C15H30N2O/c1-4-16-8-10-17(11-9-16)12-13-6-5-7-15(2,3)14(13)18/h13-14,18H,4-12H2,1-3H3. The molecule has 1 aliphatic carbocycles. The molecule has 0 aromatic rings. The van der Waals surface area contributed by atoms with Gasteiger partial charge in [0.25, 0.3) is 0 Å². The molecule has 2 unspecified atom stereocenters. The lowest BCUT2D eigenvalue weighted by Gasteiger charge is -2.44. The van der Waals surface area contributed by atoms with Crippen molar-refractivity contribution in [3.05, 3.63) is 0 Å². The maximum atomic E-state index is 10.5. The Hall–Kier alpha value is -0.120. The van der Waals surface area contributed by atoms with E-state index >= 15 is 0 Å². The second-order valence-corrected chi connectivity index (χ2v) is 6.82. The Morgan fingerprint density at radius 2 is 1.72 bits per heavy atom. The van der Waals surface area contributed by atoms with Gasteiger partial charge in [-0.3, -0.25) is 0 Å². The van der Waals surface area contributed by atoms with Crippen LogP contribution in [0.3, 0.4) is 0 Å². The molecule has 0 spiro atoms. The van der Waals surface area contributed by atoms with Crippen LogP contribution in [-0.2, 0) is 0 Å². The molecule has 2 atom stereocenters. The molecule has 1 saturated heterocycles. The summed E-state index contributed by atoms with van der Waals surface area (Å²) in [4.78, 5) is 5.07. The maximum Gasteiger partial charge on any atom is 0.0631 e. The maximum absolute atomic E-state index is 10.5. The van der Waals surface area contributed by atoms with E-state index in [1.807, 2.05) is 0 Å². The number of piperazine rings is 1. The van der Waals surface area contributed by atoms with Crippen molar-refractivity contribution in [2.24, 2.45) is 11.3 Å². The highest BCUT2D eigenvalue weighted by Crippen LogP contribution is 2.39. The van der Waals surface area contributed by atoms with E-state index < -0.39 is 0 Å². The van der Waals surface area contributed by atoms with Crippen LogP contribution in [0, 0.1) is 11.3 Å². The van der Waals surface area contributed by atoms with Gasteiger partial charge in [0, 0.05) is 32.7 Å². The van der Waals surface area contributed by atoms with E-state index in [4.69, 9.17) is 0 Å². The summed E-state index contributed by atoms with van der Waals surface area (Å²) in [6, 6.07) is 0. The molecule has 3 nitrogen and oxygen atoms in total. The Balaban J connectivity index is 1.82. The SMILES string of the molecule is CCN1CCN(CC2CCCC(C)(C)C2O)CC1. The predicted octanol–water partition coefficient (Wildman–Crippen LogP) is 1.81. The fraction of sp³-hybridized carbons (Fsp3) is 1.00. The van der Waals surface area contributed by atoms with Gasteiger partial charge >= 0.3 is 0 Å². The number of aliphatic hydroxyl groups excluding tert-OH is 1. The van der Waals surface area contributed by atoms with E-state index in [1.54, 1.807) is 0 Å². The summed E-state index contributed by atoms with van der Waals surface area (Å²) in [6.45, 7) is 13.7. The summed E-state index contributed by atoms with van der Waals surface area (Å²) in [5.74, 6) is 0.488. The predicted molar refractivity (Wildman–Crippen MR) is 75.7 cm³/mol. The van der Waals surface area contributed by atoms with Crippen LogP contribution < -0.4 is 0 Å². The minimum Gasteiger partial charge on any atom is -0.392 e. The van der Waals surface area contributed by atoms with Gasteiger partial charge in [0.1, 0.15) is 0 Å². The molecule has 1 aliphatic heterocycles. The molecule has 0 bridgehead atoms. The molecule has 2 rings (SSSR count). The molecule has 2 aliphatic rings. The van der Waals surface area contributed by atoms with E-state index in [9.17, 15) is 5.11 Å². The molecule has 0 radical (unpaired) electrons. The highest BCUT2D eigenvalue weighted by Gasteiger charge is 2.38. The van der Waals surface area contributed by atoms with Gasteiger partial charge in [-0.2, -0.15) is 0 Å². The summed E-state index contributed by atoms with van der Waals surface area (Å²) in [5.41, 5.74) is 0.119. The van der Waals surface area contributed by atoms with Crippen molar-refractivity contribution < 1.29 is 5.11 Å². The van der Waals surface area contributed by atoms with Crippen molar-refractivity contribution in [3.8, 4) is 0 Å². The third kappa shape index (κ3) is 3.25. The Morgan fingerprint density at radius 3 is 2.33 bits per heavy atom. The Morgan fingerprint density at radius 1 is 1.11 bits per heavy atom. The van der Waals surface area contributed by atoms with Crippen LogP contribution in [0.15, 0.2) is 0 Å². The Labute approximate surface area is 112 Å². The van der Waals surface area contributed by atoms with Crippen LogP contribution in [0.4, 0.5) is 0 Å². The van der Waals surface area contributed by atoms with Crippen LogP contribution in [0.25, 0.3) is 0 Å². The summed E-state index contributed by atoms with van der Waals surface area (Å²) in [6.07, 6.45) is 3.55. The second-order valence-electron chi connectivity index (χ2n) is 6.82. The van der Waals surface area contributed by atoms with Crippen LogP contribution in [-0.4, -0.2) is 60.3 Å². The van der Waals surface area contributed by atoms with Crippen molar-refractivity contribution in [1.82, 2.24) is 9.80 Å². The molecule has 0 aromatic heterocycles. The second kappa shape index (κ2) is 5.89.